The summed E-state index contributed by atoms with van der Waals surface area (Å²) in [6.07, 6.45) is -0.285. The summed E-state index contributed by atoms with van der Waals surface area (Å²) in [6.45, 7) is 2.63. The van der Waals surface area contributed by atoms with E-state index in [1.165, 1.54) is 4.90 Å². The molecule has 2 heterocycles. The second-order valence-corrected chi connectivity index (χ2v) is 7.39. The smallest absolute Gasteiger partial charge is 0.311 e. The van der Waals surface area contributed by atoms with Crippen LogP contribution >= 0.6 is 0 Å². The van der Waals surface area contributed by atoms with Crippen LogP contribution in [0.15, 0.2) is 63.9 Å². The quantitative estimate of drug-likeness (QED) is 0.673. The van der Waals surface area contributed by atoms with Crippen molar-refractivity contribution in [2.45, 2.75) is 17.9 Å². The van der Waals surface area contributed by atoms with Gasteiger partial charge in [0, 0.05) is 5.56 Å². The molecule has 1 aliphatic heterocycles. The van der Waals surface area contributed by atoms with Crippen LogP contribution < -0.4 is 0 Å². The topological polar surface area (TPSA) is 85.5 Å². The summed E-state index contributed by atoms with van der Waals surface area (Å²) < 4.78 is 23.2. The Morgan fingerprint density at radius 1 is 1.11 bits per heavy atom. The molecule has 8 heteroatoms. The molecule has 3 aromatic rings. The van der Waals surface area contributed by atoms with Crippen LogP contribution in [0.5, 0.6) is 0 Å². The molecule has 0 aliphatic carbocycles. The SMILES string of the molecule is Cc1ccc(S(=O)OC2CN(C(=O)c3nnc(-c4ccccc4)o3)C2)cc1. The normalized spacial score (nSPS) is 15.4. The Morgan fingerprint density at radius 3 is 2.52 bits per heavy atom. The van der Waals surface area contributed by atoms with E-state index in [4.69, 9.17) is 8.60 Å². The van der Waals surface area contributed by atoms with Gasteiger partial charge in [0.1, 0.15) is 6.10 Å². The van der Waals surface area contributed by atoms with Gasteiger partial charge < -0.3 is 9.32 Å². The minimum atomic E-state index is -1.55. The molecule has 138 valence electrons. The fourth-order valence-electron chi connectivity index (χ4n) is 2.64. The first-order valence-corrected chi connectivity index (χ1v) is 9.51. The van der Waals surface area contributed by atoms with Gasteiger partial charge in [0.2, 0.25) is 5.89 Å². The van der Waals surface area contributed by atoms with Gasteiger partial charge >= 0.3 is 11.8 Å². The maximum atomic E-state index is 12.4. The van der Waals surface area contributed by atoms with Crippen molar-refractivity contribution in [2.75, 3.05) is 13.1 Å². The summed E-state index contributed by atoms with van der Waals surface area (Å²) in [7, 11) is 0. The van der Waals surface area contributed by atoms with Crippen molar-refractivity contribution in [3.05, 3.63) is 66.1 Å². The van der Waals surface area contributed by atoms with Crippen molar-refractivity contribution in [1.82, 2.24) is 15.1 Å². The van der Waals surface area contributed by atoms with E-state index < -0.39 is 11.1 Å². The molecule has 1 fully saturated rings. The Labute approximate surface area is 158 Å². The van der Waals surface area contributed by atoms with Crippen molar-refractivity contribution in [3.8, 4) is 11.5 Å². The molecule has 1 aliphatic rings. The molecule has 1 saturated heterocycles. The van der Waals surface area contributed by atoms with Gasteiger partial charge in [-0.15, -0.1) is 10.2 Å². The highest BCUT2D eigenvalue weighted by atomic mass is 32.2. The number of rotatable bonds is 5. The molecule has 1 aromatic heterocycles. The number of likely N-dealkylation sites (tertiary alicyclic amines) is 1. The summed E-state index contributed by atoms with van der Waals surface area (Å²) in [5, 5.41) is 7.75. The Morgan fingerprint density at radius 2 is 1.81 bits per heavy atom. The zero-order valence-corrected chi connectivity index (χ0v) is 15.4. The summed E-state index contributed by atoms with van der Waals surface area (Å²) in [5.74, 6) is -0.120. The molecule has 1 unspecified atom stereocenters. The third kappa shape index (κ3) is 3.81. The standard InChI is InChI=1S/C19H17N3O4S/c1-13-7-9-16(10-8-13)27(24)26-15-11-22(12-15)19(23)18-21-20-17(25-18)14-5-3-2-4-6-14/h2-10,15H,11-12H2,1H3. The zero-order valence-electron chi connectivity index (χ0n) is 14.6. The van der Waals surface area contributed by atoms with E-state index >= 15 is 0 Å². The number of nitrogens with zero attached hydrogens (tertiary/aromatic N) is 3. The predicted octanol–water partition coefficient (Wildman–Crippen LogP) is 2.61. The van der Waals surface area contributed by atoms with E-state index in [2.05, 4.69) is 10.2 Å². The van der Waals surface area contributed by atoms with E-state index in [0.717, 1.165) is 11.1 Å². The molecule has 0 N–H and O–H groups in total. The van der Waals surface area contributed by atoms with Gasteiger partial charge in [-0.25, -0.2) is 4.21 Å². The predicted molar refractivity (Wildman–Crippen MR) is 98.1 cm³/mol. The second-order valence-electron chi connectivity index (χ2n) is 6.25. The maximum Gasteiger partial charge on any atom is 0.311 e. The molecule has 2 aromatic carbocycles. The minimum absolute atomic E-state index is 0.0630. The van der Waals surface area contributed by atoms with Gasteiger partial charge in [0.05, 0.1) is 18.0 Å². The van der Waals surface area contributed by atoms with Crippen LogP contribution in [0, 0.1) is 6.92 Å². The monoisotopic (exact) mass is 383 g/mol. The van der Waals surface area contributed by atoms with Gasteiger partial charge in [-0.05, 0) is 31.2 Å². The molecule has 7 nitrogen and oxygen atoms in total. The number of carbonyl (C=O) groups is 1. The molecule has 4 rings (SSSR count). The van der Waals surface area contributed by atoms with E-state index in [1.54, 1.807) is 12.1 Å². The molecule has 0 radical (unpaired) electrons. The van der Waals surface area contributed by atoms with Crippen molar-refractivity contribution >= 4 is 17.0 Å². The van der Waals surface area contributed by atoms with E-state index in [-0.39, 0.29) is 17.9 Å². The number of hydrogen-bond acceptors (Lipinski definition) is 6. The average molecular weight is 383 g/mol. The lowest BCUT2D eigenvalue weighted by Crippen LogP contribution is -2.55. The zero-order chi connectivity index (χ0) is 18.8. The van der Waals surface area contributed by atoms with Gasteiger partial charge in [-0.3, -0.25) is 8.98 Å². The maximum absolute atomic E-state index is 12.4. The van der Waals surface area contributed by atoms with Gasteiger partial charge in [0.25, 0.3) is 0 Å². The van der Waals surface area contributed by atoms with Gasteiger partial charge in [-0.1, -0.05) is 35.9 Å². The molecule has 0 spiro atoms. The highest BCUT2D eigenvalue weighted by Gasteiger charge is 2.36. The fraction of sp³-hybridized carbons (Fsp3) is 0.211. The van der Waals surface area contributed by atoms with Crippen LogP contribution in [0.3, 0.4) is 0 Å². The lowest BCUT2D eigenvalue weighted by atomic mass is 10.2. The van der Waals surface area contributed by atoms with Crippen molar-refractivity contribution in [1.29, 1.82) is 0 Å². The van der Waals surface area contributed by atoms with Crippen LogP contribution in [0.25, 0.3) is 11.5 Å². The first-order chi connectivity index (χ1) is 13.1. The minimum Gasteiger partial charge on any atom is -0.412 e. The van der Waals surface area contributed by atoms with Gasteiger partial charge in [-0.2, -0.15) is 0 Å². The van der Waals surface area contributed by atoms with E-state index in [0.29, 0.717) is 23.9 Å². The average Bonchev–Trinajstić information content (AvgIpc) is 3.15. The molecule has 0 bridgehead atoms. The summed E-state index contributed by atoms with van der Waals surface area (Å²) in [5.41, 5.74) is 1.84. The lowest BCUT2D eigenvalue weighted by Gasteiger charge is -2.37. The number of aromatic nitrogens is 2. The van der Waals surface area contributed by atoms with Crippen LogP contribution in [0.2, 0.25) is 0 Å². The molecule has 1 atom stereocenters. The molecular formula is C19H17N3O4S. The third-order valence-corrected chi connectivity index (χ3v) is 5.30. The second kappa shape index (κ2) is 7.42. The van der Waals surface area contributed by atoms with Crippen LogP contribution in [0.1, 0.15) is 16.2 Å². The van der Waals surface area contributed by atoms with Crippen LogP contribution in [0.4, 0.5) is 0 Å². The summed E-state index contributed by atoms with van der Waals surface area (Å²) in [4.78, 5) is 14.5. The number of amides is 1. The summed E-state index contributed by atoms with van der Waals surface area (Å²) >= 11 is -1.55. The highest BCUT2D eigenvalue weighted by molar-refractivity contribution is 7.80. The first-order valence-electron chi connectivity index (χ1n) is 8.44. The Kier molecular flexibility index (Phi) is 4.83. The Bertz CT molecular complexity index is 966. The van der Waals surface area contributed by atoms with Crippen molar-refractivity contribution < 1.29 is 17.6 Å². The van der Waals surface area contributed by atoms with E-state index in [1.807, 2.05) is 49.4 Å². The highest BCUT2D eigenvalue weighted by Crippen LogP contribution is 2.21. The third-order valence-electron chi connectivity index (χ3n) is 4.20. The largest absolute Gasteiger partial charge is 0.412 e. The molecular weight excluding hydrogens is 366 g/mol. The van der Waals surface area contributed by atoms with Crippen molar-refractivity contribution in [3.63, 3.8) is 0 Å². The number of carbonyl (C=O) groups excluding carboxylic acids is 1. The first kappa shape index (κ1) is 17.6. The molecule has 0 saturated carbocycles. The fourth-order valence-corrected chi connectivity index (χ4v) is 3.47. The Balaban J connectivity index is 1.33. The lowest BCUT2D eigenvalue weighted by molar-refractivity contribution is 0.0199. The van der Waals surface area contributed by atoms with Crippen LogP contribution in [-0.2, 0) is 15.3 Å². The number of benzene rings is 2. The van der Waals surface area contributed by atoms with Gasteiger partial charge in [0.15, 0.2) is 11.1 Å². The number of aryl methyl sites for hydroxylation is 1. The van der Waals surface area contributed by atoms with Crippen LogP contribution in [-0.4, -0.2) is 44.4 Å². The molecule has 1 amide bonds. The summed E-state index contributed by atoms with van der Waals surface area (Å²) in [6, 6.07) is 16.6. The van der Waals surface area contributed by atoms with E-state index in [9.17, 15) is 9.00 Å². The molecule has 27 heavy (non-hydrogen) atoms. The van der Waals surface area contributed by atoms with Crippen molar-refractivity contribution in [2.24, 2.45) is 0 Å². The Hall–Kier alpha value is -2.84. The number of hydrogen-bond donors (Lipinski definition) is 0.